The van der Waals surface area contributed by atoms with Crippen molar-refractivity contribution < 1.29 is 9.47 Å². The zero-order valence-corrected chi connectivity index (χ0v) is 17.3. The first kappa shape index (κ1) is 21.3. The van der Waals surface area contributed by atoms with Gasteiger partial charge >= 0.3 is 0 Å². The molecule has 0 radical (unpaired) electrons. The summed E-state index contributed by atoms with van der Waals surface area (Å²) in [4.78, 5) is 4.77. The lowest BCUT2D eigenvalue weighted by atomic mass is 10.1. The smallest absolute Gasteiger partial charge is 0.191 e. The molecule has 1 fully saturated rings. The van der Waals surface area contributed by atoms with Crippen molar-refractivity contribution in [1.29, 1.82) is 0 Å². The number of hydrogen-bond donors (Lipinski definition) is 2. The number of ether oxygens (including phenoxy) is 2. The summed E-state index contributed by atoms with van der Waals surface area (Å²) >= 11 is 0. The van der Waals surface area contributed by atoms with E-state index in [0.717, 1.165) is 64.7 Å². The summed E-state index contributed by atoms with van der Waals surface area (Å²) in [5.74, 6) is 0.840. The van der Waals surface area contributed by atoms with E-state index in [4.69, 9.17) is 14.5 Å². The number of hydrogen-bond acceptors (Lipinski definition) is 4. The Labute approximate surface area is 173 Å². The van der Waals surface area contributed by atoms with Crippen LogP contribution in [0.1, 0.15) is 37.3 Å². The number of rotatable bonds is 10. The molecule has 3 rings (SSSR count). The highest BCUT2D eigenvalue weighted by Gasteiger charge is 2.13. The van der Waals surface area contributed by atoms with Crippen LogP contribution < -0.4 is 10.6 Å². The van der Waals surface area contributed by atoms with E-state index in [-0.39, 0.29) is 0 Å². The van der Waals surface area contributed by atoms with Crippen LogP contribution >= 0.6 is 0 Å². The Morgan fingerprint density at radius 1 is 1.21 bits per heavy atom. The monoisotopic (exact) mass is 399 g/mol. The van der Waals surface area contributed by atoms with Crippen LogP contribution in [-0.4, -0.2) is 54.8 Å². The number of nitrogens with zero attached hydrogens (tertiary/aromatic N) is 3. The van der Waals surface area contributed by atoms with Crippen LogP contribution in [0.25, 0.3) is 0 Å². The van der Waals surface area contributed by atoms with Gasteiger partial charge in [-0.2, -0.15) is 5.10 Å². The Bertz CT molecular complexity index is 727. The van der Waals surface area contributed by atoms with Gasteiger partial charge < -0.3 is 20.1 Å². The number of aromatic nitrogens is 2. The maximum atomic E-state index is 5.93. The Morgan fingerprint density at radius 2 is 2.03 bits per heavy atom. The topological polar surface area (TPSA) is 72.7 Å². The van der Waals surface area contributed by atoms with Crippen LogP contribution in [0.5, 0.6) is 0 Å². The average Bonchev–Trinajstić information content (AvgIpc) is 3.26. The number of guanidine groups is 1. The number of benzene rings is 1. The summed E-state index contributed by atoms with van der Waals surface area (Å²) in [5.41, 5.74) is 2.45. The molecular weight excluding hydrogens is 366 g/mol. The SMILES string of the molecule is CCNC(=NCc1ccccc1Cn1cccn1)NCCCOC1CCOCC1. The van der Waals surface area contributed by atoms with Crippen molar-refractivity contribution in [2.24, 2.45) is 4.99 Å². The molecule has 29 heavy (non-hydrogen) atoms. The lowest BCUT2D eigenvalue weighted by Crippen LogP contribution is -2.38. The summed E-state index contributed by atoms with van der Waals surface area (Å²) in [6.45, 7) is 7.55. The van der Waals surface area contributed by atoms with E-state index in [9.17, 15) is 0 Å². The van der Waals surface area contributed by atoms with Gasteiger partial charge in [-0.1, -0.05) is 24.3 Å². The van der Waals surface area contributed by atoms with E-state index >= 15 is 0 Å². The minimum Gasteiger partial charge on any atom is -0.381 e. The molecule has 0 atom stereocenters. The molecule has 0 aliphatic carbocycles. The highest BCUT2D eigenvalue weighted by atomic mass is 16.5. The fraction of sp³-hybridized carbons (Fsp3) is 0.545. The Kier molecular flexibility index (Phi) is 9.00. The molecule has 1 aromatic heterocycles. The Balaban J connectivity index is 1.46. The predicted molar refractivity (Wildman–Crippen MR) is 115 cm³/mol. The van der Waals surface area contributed by atoms with E-state index in [1.807, 2.05) is 16.9 Å². The minimum absolute atomic E-state index is 0.358. The largest absolute Gasteiger partial charge is 0.381 e. The molecule has 0 unspecified atom stereocenters. The minimum atomic E-state index is 0.358. The van der Waals surface area contributed by atoms with Crippen molar-refractivity contribution in [1.82, 2.24) is 20.4 Å². The quantitative estimate of drug-likeness (QED) is 0.365. The number of aliphatic imine (C=N–C) groups is 1. The molecule has 7 nitrogen and oxygen atoms in total. The van der Waals surface area contributed by atoms with Gasteiger partial charge in [-0.25, -0.2) is 4.99 Å². The molecule has 7 heteroatoms. The molecule has 1 aliphatic heterocycles. The molecular formula is C22H33N5O2. The second-order valence-electron chi connectivity index (χ2n) is 7.13. The van der Waals surface area contributed by atoms with Crippen LogP contribution in [0, 0.1) is 0 Å². The van der Waals surface area contributed by atoms with Crippen LogP contribution in [-0.2, 0) is 22.6 Å². The van der Waals surface area contributed by atoms with Gasteiger partial charge in [0.25, 0.3) is 0 Å². The van der Waals surface area contributed by atoms with E-state index in [0.29, 0.717) is 12.6 Å². The average molecular weight is 400 g/mol. The Morgan fingerprint density at radius 3 is 2.79 bits per heavy atom. The molecule has 2 aromatic rings. The van der Waals surface area contributed by atoms with Crippen molar-refractivity contribution in [2.45, 2.75) is 45.4 Å². The third-order valence-corrected chi connectivity index (χ3v) is 4.90. The van der Waals surface area contributed by atoms with Gasteiger partial charge in [-0.15, -0.1) is 0 Å². The van der Waals surface area contributed by atoms with Gasteiger partial charge in [0.15, 0.2) is 5.96 Å². The lowest BCUT2D eigenvalue weighted by Gasteiger charge is -2.22. The predicted octanol–water partition coefficient (Wildman–Crippen LogP) is 2.57. The van der Waals surface area contributed by atoms with Gasteiger partial charge in [0.2, 0.25) is 0 Å². The molecule has 1 aromatic carbocycles. The summed E-state index contributed by atoms with van der Waals surface area (Å²) in [6.07, 6.45) is 7.12. The van der Waals surface area contributed by atoms with Crippen molar-refractivity contribution in [3.05, 3.63) is 53.9 Å². The molecule has 1 saturated heterocycles. The first-order valence-corrected chi connectivity index (χ1v) is 10.6. The molecule has 0 bridgehead atoms. The first-order valence-electron chi connectivity index (χ1n) is 10.6. The van der Waals surface area contributed by atoms with Gasteiger partial charge in [0.1, 0.15) is 0 Å². The van der Waals surface area contributed by atoms with Crippen LogP contribution in [0.3, 0.4) is 0 Å². The second-order valence-corrected chi connectivity index (χ2v) is 7.13. The standard InChI is InChI=1S/C22H33N5O2/c1-2-23-22(24-11-6-14-29-21-9-15-28-16-10-21)25-17-19-7-3-4-8-20(19)18-27-13-5-12-26-27/h3-5,7-8,12-13,21H,2,6,9-11,14-18H2,1H3,(H2,23,24,25). The van der Waals surface area contributed by atoms with Crippen molar-refractivity contribution in [3.63, 3.8) is 0 Å². The summed E-state index contributed by atoms with van der Waals surface area (Å²) in [6, 6.07) is 10.3. The fourth-order valence-corrected chi connectivity index (χ4v) is 3.31. The van der Waals surface area contributed by atoms with Crippen LogP contribution in [0.15, 0.2) is 47.7 Å². The van der Waals surface area contributed by atoms with Crippen LogP contribution in [0.4, 0.5) is 0 Å². The molecule has 158 valence electrons. The summed E-state index contributed by atoms with van der Waals surface area (Å²) < 4.78 is 13.2. The van der Waals surface area contributed by atoms with Crippen molar-refractivity contribution in [3.8, 4) is 0 Å². The van der Waals surface area contributed by atoms with Crippen molar-refractivity contribution in [2.75, 3.05) is 32.9 Å². The van der Waals surface area contributed by atoms with E-state index in [1.165, 1.54) is 11.1 Å². The fourth-order valence-electron chi connectivity index (χ4n) is 3.31. The maximum absolute atomic E-state index is 5.93. The zero-order chi connectivity index (χ0) is 20.2. The second kappa shape index (κ2) is 12.2. The first-order chi connectivity index (χ1) is 14.3. The van der Waals surface area contributed by atoms with Crippen molar-refractivity contribution >= 4 is 5.96 Å². The highest BCUT2D eigenvalue weighted by Crippen LogP contribution is 2.12. The van der Waals surface area contributed by atoms with Crippen LogP contribution in [0.2, 0.25) is 0 Å². The van der Waals surface area contributed by atoms with E-state index in [2.05, 4.69) is 46.9 Å². The highest BCUT2D eigenvalue weighted by molar-refractivity contribution is 5.79. The van der Waals surface area contributed by atoms with E-state index in [1.54, 1.807) is 6.20 Å². The Hall–Kier alpha value is -2.38. The zero-order valence-electron chi connectivity index (χ0n) is 17.3. The third-order valence-electron chi connectivity index (χ3n) is 4.90. The normalized spacial score (nSPS) is 15.4. The third kappa shape index (κ3) is 7.51. The molecule has 0 saturated carbocycles. The summed E-state index contributed by atoms with van der Waals surface area (Å²) in [7, 11) is 0. The molecule has 2 N–H and O–H groups in total. The lowest BCUT2D eigenvalue weighted by molar-refractivity contribution is -0.0320. The maximum Gasteiger partial charge on any atom is 0.191 e. The van der Waals surface area contributed by atoms with Gasteiger partial charge in [-0.3, -0.25) is 4.68 Å². The van der Waals surface area contributed by atoms with Gasteiger partial charge in [0.05, 0.1) is 19.2 Å². The number of nitrogens with one attached hydrogen (secondary N) is 2. The van der Waals surface area contributed by atoms with Gasteiger partial charge in [0, 0.05) is 45.3 Å². The molecule has 0 spiro atoms. The molecule has 2 heterocycles. The summed E-state index contributed by atoms with van der Waals surface area (Å²) in [5, 5.41) is 11.0. The molecule has 0 amide bonds. The molecule has 1 aliphatic rings. The van der Waals surface area contributed by atoms with E-state index < -0.39 is 0 Å². The van der Waals surface area contributed by atoms with Gasteiger partial charge in [-0.05, 0) is 43.4 Å².